The van der Waals surface area contributed by atoms with Crippen LogP contribution in [0.1, 0.15) is 0 Å². The third-order valence-electron chi connectivity index (χ3n) is 11.2. The van der Waals surface area contributed by atoms with Crippen molar-refractivity contribution in [2.24, 2.45) is 0 Å². The molecule has 0 amide bonds. The van der Waals surface area contributed by atoms with Crippen LogP contribution in [0, 0.1) is 0 Å². The molecule has 11 aromatic rings. The molecule has 0 aliphatic heterocycles. The molecule has 0 N–H and O–H groups in total. The number of furan rings is 1. The molecule has 10 aromatic carbocycles. The number of hydrogen-bond donors (Lipinski definition) is 0. The molecule has 2 heteroatoms. The number of hydrogen-bond acceptors (Lipinski definition) is 2. The van der Waals surface area contributed by atoms with Crippen LogP contribution in [0.5, 0.6) is 0 Å². The number of nitrogens with zero attached hydrogens (tertiary/aromatic N) is 1. The van der Waals surface area contributed by atoms with Crippen molar-refractivity contribution in [3.05, 3.63) is 212 Å². The van der Waals surface area contributed by atoms with Crippen LogP contribution in [0.4, 0.5) is 17.1 Å². The topological polar surface area (TPSA) is 16.4 Å². The standard InChI is InChI=1S/C54H35NO/c1-2-16-45(17-3-1)55(47-18-10-15-41(33-47)42-23-21-36-11-4-6-13-39(36)31-42)46-28-25-38(26-29-46)43-27-30-48-51(34-43)50(44-24-22-37-12-5-7-14-40(37)32-44)35-53-54(48)49-19-8-9-20-52(49)56-53/h1-35H. The number of rotatable bonds is 6. The molecule has 0 atom stereocenters. The first kappa shape index (κ1) is 32.0. The maximum absolute atomic E-state index is 6.48. The quantitative estimate of drug-likeness (QED) is 0.171. The lowest BCUT2D eigenvalue weighted by Crippen LogP contribution is -2.09. The van der Waals surface area contributed by atoms with Gasteiger partial charge in [-0.25, -0.2) is 0 Å². The maximum atomic E-state index is 6.48. The van der Waals surface area contributed by atoms with Gasteiger partial charge in [0.25, 0.3) is 0 Å². The summed E-state index contributed by atoms with van der Waals surface area (Å²) in [5.41, 5.74) is 12.2. The normalized spacial score (nSPS) is 11.6. The van der Waals surface area contributed by atoms with E-state index in [0.717, 1.165) is 50.1 Å². The van der Waals surface area contributed by atoms with E-state index in [1.165, 1.54) is 54.6 Å². The van der Waals surface area contributed by atoms with E-state index in [-0.39, 0.29) is 0 Å². The Hall–Kier alpha value is -7.42. The second kappa shape index (κ2) is 13.2. The largest absolute Gasteiger partial charge is 0.456 e. The summed E-state index contributed by atoms with van der Waals surface area (Å²) in [5.74, 6) is 0. The summed E-state index contributed by atoms with van der Waals surface area (Å²) in [6.45, 7) is 0. The first-order valence-electron chi connectivity index (χ1n) is 19.2. The minimum absolute atomic E-state index is 0.907. The Kier molecular flexibility index (Phi) is 7.53. The van der Waals surface area contributed by atoms with Gasteiger partial charge in [0.2, 0.25) is 0 Å². The van der Waals surface area contributed by atoms with Crippen LogP contribution in [0.15, 0.2) is 217 Å². The van der Waals surface area contributed by atoms with E-state index in [9.17, 15) is 0 Å². The van der Waals surface area contributed by atoms with Gasteiger partial charge in [-0.2, -0.15) is 0 Å². The summed E-state index contributed by atoms with van der Waals surface area (Å²) in [6, 6.07) is 76.5. The van der Waals surface area contributed by atoms with Gasteiger partial charge in [-0.1, -0.05) is 146 Å². The van der Waals surface area contributed by atoms with Crippen LogP contribution in [0.2, 0.25) is 0 Å². The van der Waals surface area contributed by atoms with Gasteiger partial charge < -0.3 is 9.32 Å². The highest BCUT2D eigenvalue weighted by atomic mass is 16.3. The van der Waals surface area contributed by atoms with Gasteiger partial charge in [0.1, 0.15) is 11.2 Å². The van der Waals surface area contributed by atoms with E-state index in [1.807, 2.05) is 6.07 Å². The Morgan fingerprint density at radius 1 is 0.286 bits per heavy atom. The number of anilines is 3. The number of para-hydroxylation sites is 2. The predicted octanol–water partition coefficient (Wildman–Crippen LogP) is 15.5. The summed E-state index contributed by atoms with van der Waals surface area (Å²) in [6.07, 6.45) is 0. The average Bonchev–Trinajstić information content (AvgIpc) is 3.65. The first-order valence-corrected chi connectivity index (χ1v) is 19.2. The summed E-state index contributed by atoms with van der Waals surface area (Å²) in [5, 5.41) is 9.64. The zero-order valence-corrected chi connectivity index (χ0v) is 30.6. The van der Waals surface area contributed by atoms with Crippen LogP contribution in [0.3, 0.4) is 0 Å². The first-order chi connectivity index (χ1) is 27.7. The van der Waals surface area contributed by atoms with Crippen molar-refractivity contribution in [2.75, 3.05) is 4.90 Å². The van der Waals surface area contributed by atoms with Crippen molar-refractivity contribution >= 4 is 71.3 Å². The average molecular weight is 714 g/mol. The molecule has 0 aliphatic carbocycles. The lowest BCUT2D eigenvalue weighted by molar-refractivity contribution is 0.669. The maximum Gasteiger partial charge on any atom is 0.136 e. The molecule has 0 spiro atoms. The Bertz CT molecular complexity index is 3250. The lowest BCUT2D eigenvalue weighted by Gasteiger charge is -2.26. The van der Waals surface area contributed by atoms with E-state index >= 15 is 0 Å². The molecule has 0 saturated carbocycles. The molecule has 56 heavy (non-hydrogen) atoms. The Balaban J connectivity index is 1.02. The third kappa shape index (κ3) is 5.51. The van der Waals surface area contributed by atoms with Crippen molar-refractivity contribution in [1.82, 2.24) is 0 Å². The van der Waals surface area contributed by atoms with Crippen molar-refractivity contribution < 1.29 is 4.42 Å². The Morgan fingerprint density at radius 3 is 1.64 bits per heavy atom. The van der Waals surface area contributed by atoms with Gasteiger partial charge in [0.05, 0.1) is 0 Å². The van der Waals surface area contributed by atoms with E-state index in [0.29, 0.717) is 0 Å². The molecule has 1 heterocycles. The van der Waals surface area contributed by atoms with Crippen LogP contribution >= 0.6 is 0 Å². The molecule has 2 nitrogen and oxygen atoms in total. The van der Waals surface area contributed by atoms with E-state index < -0.39 is 0 Å². The third-order valence-corrected chi connectivity index (χ3v) is 11.2. The van der Waals surface area contributed by atoms with E-state index in [1.54, 1.807) is 0 Å². The molecule has 0 radical (unpaired) electrons. The summed E-state index contributed by atoms with van der Waals surface area (Å²) in [7, 11) is 0. The summed E-state index contributed by atoms with van der Waals surface area (Å²) >= 11 is 0. The van der Waals surface area contributed by atoms with Crippen LogP contribution < -0.4 is 4.90 Å². The fraction of sp³-hybridized carbons (Fsp3) is 0. The molecule has 0 bridgehead atoms. The van der Waals surface area contributed by atoms with Crippen molar-refractivity contribution in [3.63, 3.8) is 0 Å². The fourth-order valence-corrected chi connectivity index (χ4v) is 8.43. The highest BCUT2D eigenvalue weighted by molar-refractivity contribution is 6.22. The van der Waals surface area contributed by atoms with Crippen molar-refractivity contribution in [2.45, 2.75) is 0 Å². The molecule has 262 valence electrons. The molecule has 11 rings (SSSR count). The number of fused-ring (bicyclic) bond motifs is 7. The summed E-state index contributed by atoms with van der Waals surface area (Å²) in [4.78, 5) is 2.34. The SMILES string of the molecule is c1ccc(N(c2ccc(-c3ccc4c(c3)c(-c3ccc5ccccc5c3)cc3oc5ccccc5c34)cc2)c2cccc(-c3ccc4ccccc4c3)c2)cc1. The highest BCUT2D eigenvalue weighted by Gasteiger charge is 2.18. The van der Waals surface area contributed by atoms with E-state index in [2.05, 4.69) is 211 Å². The van der Waals surface area contributed by atoms with Gasteiger partial charge in [-0.05, 0) is 132 Å². The predicted molar refractivity (Wildman–Crippen MR) is 237 cm³/mol. The molecule has 0 saturated heterocycles. The minimum Gasteiger partial charge on any atom is -0.456 e. The Labute approximate surface area is 325 Å². The van der Waals surface area contributed by atoms with Crippen molar-refractivity contribution in [3.8, 4) is 33.4 Å². The zero-order valence-electron chi connectivity index (χ0n) is 30.6. The van der Waals surface area contributed by atoms with Crippen LogP contribution in [-0.4, -0.2) is 0 Å². The minimum atomic E-state index is 0.907. The summed E-state index contributed by atoms with van der Waals surface area (Å²) < 4.78 is 6.48. The molecule has 1 aromatic heterocycles. The van der Waals surface area contributed by atoms with Gasteiger partial charge in [0.15, 0.2) is 0 Å². The van der Waals surface area contributed by atoms with Gasteiger partial charge in [-0.3, -0.25) is 0 Å². The van der Waals surface area contributed by atoms with Gasteiger partial charge in [-0.15, -0.1) is 0 Å². The smallest absolute Gasteiger partial charge is 0.136 e. The van der Waals surface area contributed by atoms with Crippen LogP contribution in [-0.2, 0) is 0 Å². The van der Waals surface area contributed by atoms with E-state index in [4.69, 9.17) is 4.42 Å². The molecular formula is C54H35NO. The van der Waals surface area contributed by atoms with Gasteiger partial charge >= 0.3 is 0 Å². The zero-order chi connectivity index (χ0) is 37.0. The molecule has 0 fully saturated rings. The molecular weight excluding hydrogens is 679 g/mol. The molecule has 0 aliphatic rings. The molecule has 0 unspecified atom stereocenters. The van der Waals surface area contributed by atoms with Gasteiger partial charge in [0, 0.05) is 27.8 Å². The number of benzene rings is 10. The van der Waals surface area contributed by atoms with Crippen LogP contribution in [0.25, 0.3) is 87.6 Å². The lowest BCUT2D eigenvalue weighted by atomic mass is 9.91. The van der Waals surface area contributed by atoms with Crippen molar-refractivity contribution in [1.29, 1.82) is 0 Å². The second-order valence-electron chi connectivity index (χ2n) is 14.5. The highest BCUT2D eigenvalue weighted by Crippen LogP contribution is 2.43. The second-order valence-corrected chi connectivity index (χ2v) is 14.5. The fourth-order valence-electron chi connectivity index (χ4n) is 8.43. The Morgan fingerprint density at radius 2 is 0.857 bits per heavy atom. The monoisotopic (exact) mass is 713 g/mol.